The summed E-state index contributed by atoms with van der Waals surface area (Å²) in [6, 6.07) is -0.644. The topological polar surface area (TPSA) is 87.1 Å². The Labute approximate surface area is 214 Å². The normalized spacial score (nSPS) is 31.1. The number of hydrogen-bond donors (Lipinski definition) is 1. The standard InChI is InChI=1S/C27H42N2O5S/c1-6-8-12-18-34-25(33)21-20-23(31)29(16-10-9-11-17-30)22(24(32)28(15-7-2)19(3)4)27(20)14-13-26(21,5)35-27/h6-7,19-22,30H,1-2,8-18H2,3-5H3/t20-,21+,22?,26-,27?/m0/s1. The SMILES string of the molecule is C=CCCCOC(=O)[C@H]1[C@H]2C(=O)N(CCCCCO)C(C(=O)N(CC=C)C(C)C)C23CC[C@]1(C)S3. The molecular weight excluding hydrogens is 464 g/mol. The van der Waals surface area contributed by atoms with Gasteiger partial charge in [0.05, 0.1) is 23.2 Å². The average Bonchev–Trinajstić information content (AvgIpc) is 3.38. The Morgan fingerprint density at radius 3 is 2.60 bits per heavy atom. The van der Waals surface area contributed by atoms with Crippen LogP contribution in [0.2, 0.25) is 0 Å². The number of thioether (sulfide) groups is 1. The van der Waals surface area contributed by atoms with E-state index in [1.165, 1.54) is 0 Å². The fraction of sp³-hybridized carbons (Fsp3) is 0.741. The molecule has 3 aliphatic heterocycles. The second kappa shape index (κ2) is 11.5. The zero-order valence-corrected chi connectivity index (χ0v) is 22.4. The lowest BCUT2D eigenvalue weighted by Crippen LogP contribution is -2.56. The molecular formula is C27H42N2O5S. The van der Waals surface area contributed by atoms with Crippen LogP contribution in [0, 0.1) is 11.8 Å². The third-order valence-electron chi connectivity index (χ3n) is 7.85. The van der Waals surface area contributed by atoms with E-state index in [9.17, 15) is 19.5 Å². The van der Waals surface area contributed by atoms with E-state index >= 15 is 0 Å². The van der Waals surface area contributed by atoms with Crippen molar-refractivity contribution in [1.82, 2.24) is 9.80 Å². The number of aliphatic hydroxyl groups excluding tert-OH is 1. The highest BCUT2D eigenvalue weighted by molar-refractivity contribution is 8.02. The first-order chi connectivity index (χ1) is 16.7. The van der Waals surface area contributed by atoms with Gasteiger partial charge < -0.3 is 19.6 Å². The van der Waals surface area contributed by atoms with E-state index < -0.39 is 27.4 Å². The highest BCUT2D eigenvalue weighted by Gasteiger charge is 2.77. The molecule has 2 amide bonds. The summed E-state index contributed by atoms with van der Waals surface area (Å²) in [6.45, 7) is 14.8. The molecule has 1 spiro atoms. The van der Waals surface area contributed by atoms with Crippen LogP contribution in [-0.2, 0) is 19.1 Å². The number of ether oxygens (including phenoxy) is 1. The van der Waals surface area contributed by atoms with Crippen LogP contribution in [0.1, 0.15) is 65.7 Å². The molecule has 3 fully saturated rings. The minimum absolute atomic E-state index is 0.0351. The molecule has 0 aliphatic carbocycles. The molecule has 3 heterocycles. The van der Waals surface area contributed by atoms with Crippen molar-refractivity contribution < 1.29 is 24.2 Å². The molecule has 5 atom stereocenters. The molecule has 3 aliphatic rings. The molecule has 196 valence electrons. The maximum Gasteiger partial charge on any atom is 0.311 e. The fourth-order valence-electron chi connectivity index (χ4n) is 6.22. The molecule has 7 nitrogen and oxygen atoms in total. The first-order valence-corrected chi connectivity index (χ1v) is 13.8. The van der Waals surface area contributed by atoms with Crippen molar-refractivity contribution in [3.05, 3.63) is 25.3 Å². The second-order valence-corrected chi connectivity index (χ2v) is 12.4. The molecule has 8 heteroatoms. The molecule has 0 aromatic rings. The van der Waals surface area contributed by atoms with Crippen molar-refractivity contribution in [2.45, 2.75) is 87.3 Å². The minimum Gasteiger partial charge on any atom is -0.465 e. The Balaban J connectivity index is 1.95. The van der Waals surface area contributed by atoms with Crippen molar-refractivity contribution in [1.29, 1.82) is 0 Å². The molecule has 0 aromatic carbocycles. The molecule has 0 saturated carbocycles. The number of rotatable bonds is 14. The van der Waals surface area contributed by atoms with E-state index in [1.807, 2.05) is 13.8 Å². The van der Waals surface area contributed by atoms with Crippen molar-refractivity contribution in [3.63, 3.8) is 0 Å². The first kappa shape index (κ1) is 27.8. The highest BCUT2D eigenvalue weighted by Crippen LogP contribution is 2.71. The van der Waals surface area contributed by atoms with Crippen molar-refractivity contribution in [2.24, 2.45) is 11.8 Å². The third kappa shape index (κ3) is 5.06. The first-order valence-electron chi connectivity index (χ1n) is 13.0. The van der Waals surface area contributed by atoms with Crippen LogP contribution < -0.4 is 0 Å². The Morgan fingerprint density at radius 2 is 1.97 bits per heavy atom. The third-order valence-corrected chi connectivity index (χ3v) is 9.84. The van der Waals surface area contributed by atoms with Crippen LogP contribution in [0.4, 0.5) is 0 Å². The summed E-state index contributed by atoms with van der Waals surface area (Å²) in [5, 5.41) is 9.18. The number of fused-ring (bicyclic) bond motifs is 1. The van der Waals surface area contributed by atoms with Gasteiger partial charge >= 0.3 is 5.97 Å². The van der Waals surface area contributed by atoms with Gasteiger partial charge in [0, 0.05) is 30.5 Å². The van der Waals surface area contributed by atoms with E-state index in [2.05, 4.69) is 20.1 Å². The molecule has 2 bridgehead atoms. The quantitative estimate of drug-likeness (QED) is 0.220. The maximum absolute atomic E-state index is 14.1. The lowest BCUT2D eigenvalue weighted by molar-refractivity contribution is -0.155. The van der Waals surface area contributed by atoms with E-state index in [-0.39, 0.29) is 30.4 Å². The Morgan fingerprint density at radius 1 is 1.23 bits per heavy atom. The largest absolute Gasteiger partial charge is 0.465 e. The molecule has 3 rings (SSSR count). The van der Waals surface area contributed by atoms with Crippen LogP contribution in [0.15, 0.2) is 25.3 Å². The number of carbonyl (C=O) groups excluding carboxylic acids is 3. The molecule has 35 heavy (non-hydrogen) atoms. The van der Waals surface area contributed by atoms with E-state index in [0.29, 0.717) is 39.0 Å². The minimum atomic E-state index is -0.626. The number of carbonyl (C=O) groups is 3. The predicted molar refractivity (Wildman–Crippen MR) is 139 cm³/mol. The van der Waals surface area contributed by atoms with Crippen molar-refractivity contribution >= 4 is 29.5 Å². The molecule has 0 radical (unpaired) electrons. The summed E-state index contributed by atoms with van der Waals surface area (Å²) in [6.07, 6.45) is 8.65. The zero-order chi connectivity index (χ0) is 25.8. The lowest BCUT2D eigenvalue weighted by atomic mass is 9.66. The number of amides is 2. The predicted octanol–water partition coefficient (Wildman–Crippen LogP) is 3.56. The van der Waals surface area contributed by atoms with E-state index in [0.717, 1.165) is 25.7 Å². The average molecular weight is 507 g/mol. The Kier molecular flexibility index (Phi) is 9.13. The second-order valence-electron chi connectivity index (χ2n) is 10.5. The highest BCUT2D eigenvalue weighted by atomic mass is 32.2. The fourth-order valence-corrected chi connectivity index (χ4v) is 8.55. The number of allylic oxidation sites excluding steroid dienone is 1. The van der Waals surface area contributed by atoms with E-state index in [1.54, 1.807) is 33.7 Å². The van der Waals surface area contributed by atoms with Gasteiger partial charge in [-0.2, -0.15) is 0 Å². The number of aliphatic hydroxyl groups is 1. The van der Waals surface area contributed by atoms with Gasteiger partial charge in [0.25, 0.3) is 0 Å². The van der Waals surface area contributed by atoms with Crippen molar-refractivity contribution in [2.75, 3.05) is 26.3 Å². The van der Waals surface area contributed by atoms with E-state index in [4.69, 9.17) is 4.74 Å². The number of unbranched alkanes of at least 4 members (excludes halogenated alkanes) is 3. The molecule has 3 saturated heterocycles. The number of esters is 1. The lowest BCUT2D eigenvalue weighted by Gasteiger charge is -2.38. The Hall–Kier alpha value is -1.80. The van der Waals surface area contributed by atoms with Gasteiger partial charge in [0.1, 0.15) is 6.04 Å². The zero-order valence-electron chi connectivity index (χ0n) is 21.5. The molecule has 2 unspecified atom stereocenters. The van der Waals surface area contributed by atoms with Gasteiger partial charge in [-0.1, -0.05) is 12.2 Å². The molecule has 1 N–H and O–H groups in total. The van der Waals surface area contributed by atoms with Crippen LogP contribution >= 0.6 is 11.8 Å². The van der Waals surface area contributed by atoms with Gasteiger partial charge in [-0.05, 0) is 65.7 Å². The van der Waals surface area contributed by atoms with Crippen LogP contribution in [0.25, 0.3) is 0 Å². The van der Waals surface area contributed by atoms with Gasteiger partial charge in [-0.3, -0.25) is 14.4 Å². The Bertz CT molecular complexity index is 832. The summed E-state index contributed by atoms with van der Waals surface area (Å²) < 4.78 is 4.62. The summed E-state index contributed by atoms with van der Waals surface area (Å²) in [4.78, 5) is 44.9. The van der Waals surface area contributed by atoms with Gasteiger partial charge in [0.2, 0.25) is 11.8 Å². The van der Waals surface area contributed by atoms with Crippen LogP contribution in [0.3, 0.4) is 0 Å². The van der Waals surface area contributed by atoms with Crippen molar-refractivity contribution in [3.8, 4) is 0 Å². The maximum atomic E-state index is 14.1. The summed E-state index contributed by atoms with van der Waals surface area (Å²) in [7, 11) is 0. The van der Waals surface area contributed by atoms with Gasteiger partial charge in [0.15, 0.2) is 0 Å². The summed E-state index contributed by atoms with van der Waals surface area (Å²) in [5.74, 6) is -1.58. The number of likely N-dealkylation sites (tertiary alicyclic amines) is 1. The summed E-state index contributed by atoms with van der Waals surface area (Å²) >= 11 is 1.67. The number of nitrogens with zero attached hydrogens (tertiary/aromatic N) is 2. The summed E-state index contributed by atoms with van der Waals surface area (Å²) in [5.41, 5.74) is 0. The van der Waals surface area contributed by atoms with Crippen LogP contribution in [-0.4, -0.2) is 80.6 Å². The van der Waals surface area contributed by atoms with Gasteiger partial charge in [-0.25, -0.2) is 0 Å². The smallest absolute Gasteiger partial charge is 0.311 e. The number of hydrogen-bond acceptors (Lipinski definition) is 6. The monoisotopic (exact) mass is 506 g/mol. The van der Waals surface area contributed by atoms with Gasteiger partial charge in [-0.15, -0.1) is 24.9 Å². The molecule has 0 aromatic heterocycles. The van der Waals surface area contributed by atoms with Crippen LogP contribution in [0.5, 0.6) is 0 Å².